The first-order valence-corrected chi connectivity index (χ1v) is 13.7. The first kappa shape index (κ1) is 26.7. The Balaban J connectivity index is 1.50. The van der Waals surface area contributed by atoms with E-state index < -0.39 is 0 Å². The van der Waals surface area contributed by atoms with Crippen molar-refractivity contribution in [1.29, 1.82) is 0 Å². The summed E-state index contributed by atoms with van der Waals surface area (Å²) in [6, 6.07) is 10.3. The average molecular weight is 527 g/mol. The molecule has 4 heterocycles. The van der Waals surface area contributed by atoms with Gasteiger partial charge in [0.1, 0.15) is 5.82 Å². The number of amides is 1. The summed E-state index contributed by atoms with van der Waals surface area (Å²) in [7, 11) is 2.15. The number of aromatic nitrogens is 3. The Bertz CT molecular complexity index is 1570. The molecule has 0 bridgehead atoms. The molecule has 1 aromatic carbocycles. The molecule has 0 atom stereocenters. The Kier molecular flexibility index (Phi) is 7.32. The Morgan fingerprint density at radius 1 is 1.05 bits per heavy atom. The smallest absolute Gasteiger partial charge is 0.253 e. The van der Waals surface area contributed by atoms with E-state index in [1.54, 1.807) is 0 Å². The van der Waals surface area contributed by atoms with Crippen LogP contribution in [-0.2, 0) is 6.54 Å². The van der Waals surface area contributed by atoms with Crippen molar-refractivity contribution in [1.82, 2.24) is 24.8 Å². The van der Waals surface area contributed by atoms with E-state index in [0.29, 0.717) is 11.1 Å². The number of H-pyrrole nitrogens is 1. The van der Waals surface area contributed by atoms with Crippen molar-refractivity contribution in [2.24, 2.45) is 0 Å². The van der Waals surface area contributed by atoms with Gasteiger partial charge in [0, 0.05) is 84.5 Å². The van der Waals surface area contributed by atoms with Crippen molar-refractivity contribution in [3.05, 3.63) is 81.0 Å². The molecule has 1 aliphatic rings. The molecule has 0 radical (unpaired) electrons. The number of benzene rings is 1. The molecule has 0 saturated carbocycles. The number of carbonyl (C=O) groups is 1. The third kappa shape index (κ3) is 5.21. The molecule has 2 N–H and O–H groups in total. The van der Waals surface area contributed by atoms with Gasteiger partial charge in [0.2, 0.25) is 0 Å². The molecular weight excluding hydrogens is 488 g/mol. The van der Waals surface area contributed by atoms with Crippen molar-refractivity contribution >= 4 is 22.6 Å². The van der Waals surface area contributed by atoms with Gasteiger partial charge < -0.3 is 24.7 Å². The molecule has 8 nitrogen and oxygen atoms in total. The highest BCUT2D eigenvalue weighted by Crippen LogP contribution is 2.36. The minimum Gasteiger partial charge on any atom is -0.354 e. The number of likely N-dealkylation sites (N-methyl/N-ethyl adjacent to an activating group) is 1. The summed E-state index contributed by atoms with van der Waals surface area (Å²) >= 11 is 0. The van der Waals surface area contributed by atoms with E-state index in [1.807, 2.05) is 45.2 Å². The largest absolute Gasteiger partial charge is 0.354 e. The van der Waals surface area contributed by atoms with Crippen LogP contribution in [0.25, 0.3) is 22.0 Å². The zero-order valence-corrected chi connectivity index (χ0v) is 23.8. The minimum absolute atomic E-state index is 0.164. The van der Waals surface area contributed by atoms with E-state index in [0.717, 1.165) is 70.8 Å². The Morgan fingerprint density at radius 2 is 1.79 bits per heavy atom. The Morgan fingerprint density at radius 3 is 2.44 bits per heavy atom. The van der Waals surface area contributed by atoms with E-state index in [2.05, 4.69) is 63.9 Å². The molecule has 1 amide bonds. The molecule has 4 aromatic rings. The van der Waals surface area contributed by atoms with Gasteiger partial charge in [-0.05, 0) is 77.1 Å². The van der Waals surface area contributed by atoms with E-state index >= 15 is 0 Å². The number of fused-ring (bicyclic) bond motifs is 1. The molecule has 0 spiro atoms. The van der Waals surface area contributed by atoms with Crippen LogP contribution in [0.3, 0.4) is 0 Å². The van der Waals surface area contributed by atoms with E-state index in [9.17, 15) is 9.59 Å². The molecule has 204 valence electrons. The van der Waals surface area contributed by atoms with Gasteiger partial charge in [-0.1, -0.05) is 6.07 Å². The second-order valence-corrected chi connectivity index (χ2v) is 11.0. The lowest BCUT2D eigenvalue weighted by Crippen LogP contribution is -2.44. The highest BCUT2D eigenvalue weighted by Gasteiger charge is 2.21. The predicted octanol–water partition coefficient (Wildman–Crippen LogP) is 4.58. The number of hydrogen-bond acceptors (Lipinski definition) is 5. The third-order valence-electron chi connectivity index (χ3n) is 7.77. The lowest BCUT2D eigenvalue weighted by atomic mass is 9.98. The first-order chi connectivity index (χ1) is 18.6. The lowest BCUT2D eigenvalue weighted by Gasteiger charge is -2.33. The van der Waals surface area contributed by atoms with E-state index in [4.69, 9.17) is 4.98 Å². The zero-order chi connectivity index (χ0) is 27.8. The van der Waals surface area contributed by atoms with Crippen molar-refractivity contribution in [3.63, 3.8) is 0 Å². The maximum atomic E-state index is 13.5. The molecule has 5 rings (SSSR count). The van der Waals surface area contributed by atoms with Crippen LogP contribution in [0.4, 0.5) is 5.82 Å². The lowest BCUT2D eigenvalue weighted by molar-refractivity contribution is 0.0952. The summed E-state index contributed by atoms with van der Waals surface area (Å²) in [4.78, 5) is 38.3. The van der Waals surface area contributed by atoms with Crippen molar-refractivity contribution < 1.29 is 4.79 Å². The highest BCUT2D eigenvalue weighted by molar-refractivity contribution is 6.11. The molecule has 39 heavy (non-hydrogen) atoms. The van der Waals surface area contributed by atoms with Crippen LogP contribution < -0.4 is 15.8 Å². The Hall–Kier alpha value is -3.91. The normalized spacial score (nSPS) is 14.4. The molecular formula is C31H38N6O2. The fraction of sp³-hybridized carbons (Fsp3) is 0.387. The number of aryl methyl sites for hydroxylation is 3. The highest BCUT2D eigenvalue weighted by atomic mass is 16.1. The number of nitrogens with one attached hydrogen (secondary N) is 2. The number of carbonyl (C=O) groups excluding carboxylic acids is 1. The van der Waals surface area contributed by atoms with Gasteiger partial charge in [-0.3, -0.25) is 9.59 Å². The van der Waals surface area contributed by atoms with Crippen LogP contribution in [-0.4, -0.2) is 58.6 Å². The number of rotatable bonds is 6. The standard InChI is InChI=1S/C31H38N6O2/c1-19(2)37-18-21(4)28-25(30(38)33-17-26-20(3)15-22(5)34-31(26)39)9-8-24(29(28)37)23-7-10-27(32-16-23)36-13-11-35(6)12-14-36/h7-10,15-16,18-19H,11-14,17H2,1-6H3,(H,33,38)(H,34,39). The SMILES string of the molecule is Cc1cc(C)c(CNC(=O)c2ccc(-c3ccc(N4CCN(C)CC4)nc3)c3c2c(C)cn3C(C)C)c(=O)[nH]1. The van der Waals surface area contributed by atoms with Gasteiger partial charge in [0.25, 0.3) is 11.5 Å². The number of nitrogens with zero attached hydrogens (tertiary/aromatic N) is 4. The van der Waals surface area contributed by atoms with Gasteiger partial charge >= 0.3 is 0 Å². The summed E-state index contributed by atoms with van der Waals surface area (Å²) in [5, 5.41) is 3.92. The zero-order valence-electron chi connectivity index (χ0n) is 23.8. The molecule has 1 saturated heterocycles. The van der Waals surface area contributed by atoms with Crippen LogP contribution in [0.1, 0.15) is 52.6 Å². The number of anilines is 1. The van der Waals surface area contributed by atoms with Gasteiger partial charge in [-0.2, -0.15) is 0 Å². The molecule has 1 fully saturated rings. The van der Waals surface area contributed by atoms with Crippen molar-refractivity contribution in [2.75, 3.05) is 38.1 Å². The van der Waals surface area contributed by atoms with Crippen LogP contribution in [0.15, 0.2) is 47.5 Å². The fourth-order valence-corrected chi connectivity index (χ4v) is 5.56. The maximum absolute atomic E-state index is 13.5. The van der Waals surface area contributed by atoms with Crippen LogP contribution >= 0.6 is 0 Å². The van der Waals surface area contributed by atoms with Gasteiger partial charge in [-0.25, -0.2) is 4.98 Å². The summed E-state index contributed by atoms with van der Waals surface area (Å²) in [5.74, 6) is 0.801. The van der Waals surface area contributed by atoms with Crippen LogP contribution in [0, 0.1) is 20.8 Å². The summed E-state index contributed by atoms with van der Waals surface area (Å²) < 4.78 is 2.24. The van der Waals surface area contributed by atoms with E-state index in [1.165, 1.54) is 0 Å². The molecule has 0 unspecified atom stereocenters. The molecule has 3 aromatic heterocycles. The van der Waals surface area contributed by atoms with Gasteiger partial charge in [0.15, 0.2) is 0 Å². The number of piperazine rings is 1. The van der Waals surface area contributed by atoms with E-state index in [-0.39, 0.29) is 24.1 Å². The van der Waals surface area contributed by atoms with Crippen LogP contribution in [0.2, 0.25) is 0 Å². The summed E-state index contributed by atoms with van der Waals surface area (Å²) in [5.41, 5.74) is 6.82. The summed E-state index contributed by atoms with van der Waals surface area (Å²) in [6.45, 7) is 14.3. The topological polar surface area (TPSA) is 86.3 Å². The number of pyridine rings is 2. The summed E-state index contributed by atoms with van der Waals surface area (Å²) in [6.07, 6.45) is 4.07. The van der Waals surface area contributed by atoms with Crippen molar-refractivity contribution in [3.8, 4) is 11.1 Å². The van der Waals surface area contributed by atoms with Gasteiger partial charge in [-0.15, -0.1) is 0 Å². The molecule has 0 aliphatic carbocycles. The average Bonchev–Trinajstić information content (AvgIpc) is 3.26. The molecule has 8 heteroatoms. The third-order valence-corrected chi connectivity index (χ3v) is 7.77. The van der Waals surface area contributed by atoms with Gasteiger partial charge in [0.05, 0.1) is 5.52 Å². The fourth-order valence-electron chi connectivity index (χ4n) is 5.56. The second kappa shape index (κ2) is 10.7. The quantitative estimate of drug-likeness (QED) is 0.384. The maximum Gasteiger partial charge on any atom is 0.253 e. The monoisotopic (exact) mass is 526 g/mol. The second-order valence-electron chi connectivity index (χ2n) is 11.0. The predicted molar refractivity (Wildman–Crippen MR) is 158 cm³/mol. The Labute approximate surface area is 229 Å². The number of aromatic amines is 1. The first-order valence-electron chi connectivity index (χ1n) is 13.7. The number of hydrogen-bond donors (Lipinski definition) is 2. The minimum atomic E-state index is -0.195. The molecule has 1 aliphatic heterocycles. The van der Waals surface area contributed by atoms with Crippen molar-refractivity contribution in [2.45, 2.75) is 47.2 Å². The van der Waals surface area contributed by atoms with Crippen LogP contribution in [0.5, 0.6) is 0 Å².